The Morgan fingerprint density at radius 2 is 1.24 bits per heavy atom. The number of amides is 3. The highest BCUT2D eigenvalue weighted by Gasteiger charge is 2.20. The molecule has 1 atom stereocenters. The van der Waals surface area contributed by atoms with Crippen LogP contribution in [0.5, 0.6) is 0 Å². The summed E-state index contributed by atoms with van der Waals surface area (Å²) in [4.78, 5) is 47.1. The van der Waals surface area contributed by atoms with Crippen molar-refractivity contribution in [3.63, 3.8) is 0 Å². The van der Waals surface area contributed by atoms with Crippen molar-refractivity contribution < 1.29 is 38.5 Å². The molecule has 0 spiro atoms. The van der Waals surface area contributed by atoms with E-state index >= 15 is 0 Å². The Hall–Kier alpha value is -2.24. The lowest BCUT2D eigenvalue weighted by Crippen LogP contribution is -2.41. The van der Waals surface area contributed by atoms with E-state index in [1.165, 1.54) is 38.5 Å². The number of rotatable bonds is 27. The summed E-state index contributed by atoms with van der Waals surface area (Å²) < 4.78 is 15.7. The number of hydrogen-bond donors (Lipinski definition) is 4. The van der Waals surface area contributed by atoms with Crippen LogP contribution in [-0.4, -0.2) is 87.6 Å². The zero-order valence-corrected chi connectivity index (χ0v) is 23.5. The van der Waals surface area contributed by atoms with Crippen LogP contribution in [0, 0.1) is 0 Å². The Morgan fingerprint density at radius 3 is 1.87 bits per heavy atom. The summed E-state index contributed by atoms with van der Waals surface area (Å²) in [6.45, 7) is 6.55. The quantitative estimate of drug-likeness (QED) is 0.115. The summed E-state index contributed by atoms with van der Waals surface area (Å²) in [5, 5.41) is 17.2. The minimum absolute atomic E-state index is 0.0171. The third-order valence-corrected chi connectivity index (χ3v) is 5.75. The molecule has 0 unspecified atom stereocenters. The van der Waals surface area contributed by atoms with Crippen LogP contribution in [0.15, 0.2) is 0 Å². The first kappa shape index (κ1) is 35.8. The molecular weight excluding hydrogens is 494 g/mol. The molecular formula is C27H51N3O8. The van der Waals surface area contributed by atoms with Gasteiger partial charge in [0.25, 0.3) is 0 Å². The summed E-state index contributed by atoms with van der Waals surface area (Å²) >= 11 is 0. The fraction of sp³-hybridized carbons (Fsp3) is 0.852. The molecule has 0 aliphatic carbocycles. The molecule has 38 heavy (non-hydrogen) atoms. The van der Waals surface area contributed by atoms with Crippen LogP contribution in [-0.2, 0) is 33.4 Å². The molecule has 0 heterocycles. The van der Waals surface area contributed by atoms with Gasteiger partial charge in [-0.15, -0.1) is 0 Å². The van der Waals surface area contributed by atoms with Gasteiger partial charge in [-0.05, 0) is 19.8 Å². The minimum atomic E-state index is -1.15. The molecule has 11 nitrogen and oxygen atoms in total. The standard InChI is InChI=1S/C27H51N3O8/c1-3-5-6-7-8-9-10-11-12-13-25(32)30-23(27(34)35)14-15-24(31)28-17-19-37-20-21-38-22-26(33)29-16-18-36-4-2/h23H,3-22H2,1-2H3,(H,28,31)(H,29,33)(H,30,32)(H,34,35)/t23-/m0/s1. The molecule has 0 saturated carbocycles. The fourth-order valence-electron chi connectivity index (χ4n) is 3.59. The number of ether oxygens (including phenoxy) is 3. The number of nitrogens with one attached hydrogen (secondary N) is 3. The number of unbranched alkanes of at least 4 members (excludes halogenated alkanes) is 8. The average Bonchev–Trinajstić information content (AvgIpc) is 2.89. The fourth-order valence-corrected chi connectivity index (χ4v) is 3.59. The molecule has 0 fully saturated rings. The molecule has 0 aliphatic rings. The molecule has 0 aliphatic heterocycles. The van der Waals surface area contributed by atoms with Crippen LogP contribution in [0.1, 0.15) is 90.9 Å². The third-order valence-electron chi connectivity index (χ3n) is 5.75. The normalized spacial score (nSPS) is 11.6. The zero-order valence-electron chi connectivity index (χ0n) is 23.5. The highest BCUT2D eigenvalue weighted by Crippen LogP contribution is 2.10. The van der Waals surface area contributed by atoms with Gasteiger partial charge in [0.1, 0.15) is 12.6 Å². The van der Waals surface area contributed by atoms with E-state index in [1.807, 2.05) is 6.92 Å². The second kappa shape index (κ2) is 26.4. The van der Waals surface area contributed by atoms with Crippen molar-refractivity contribution in [3.05, 3.63) is 0 Å². The first-order valence-electron chi connectivity index (χ1n) is 14.2. The van der Waals surface area contributed by atoms with Gasteiger partial charge in [-0.25, -0.2) is 4.79 Å². The Bertz CT molecular complexity index is 633. The predicted molar refractivity (Wildman–Crippen MR) is 145 cm³/mol. The maximum atomic E-state index is 12.1. The van der Waals surface area contributed by atoms with E-state index in [9.17, 15) is 24.3 Å². The Balaban J connectivity index is 3.76. The van der Waals surface area contributed by atoms with Crippen molar-refractivity contribution in [3.8, 4) is 0 Å². The van der Waals surface area contributed by atoms with E-state index in [1.54, 1.807) is 0 Å². The molecule has 0 aromatic heterocycles. The van der Waals surface area contributed by atoms with E-state index < -0.39 is 12.0 Å². The topological polar surface area (TPSA) is 152 Å². The number of hydrogen-bond acceptors (Lipinski definition) is 7. The maximum absolute atomic E-state index is 12.1. The summed E-state index contributed by atoms with van der Waals surface area (Å²) in [6, 6.07) is -1.09. The minimum Gasteiger partial charge on any atom is -0.480 e. The Labute approximate surface area is 228 Å². The van der Waals surface area contributed by atoms with Crippen LogP contribution in [0.2, 0.25) is 0 Å². The lowest BCUT2D eigenvalue weighted by Gasteiger charge is -2.14. The van der Waals surface area contributed by atoms with Crippen molar-refractivity contribution in [1.82, 2.24) is 16.0 Å². The number of carboxylic acid groups (broad SMARTS) is 1. The largest absolute Gasteiger partial charge is 0.480 e. The van der Waals surface area contributed by atoms with Gasteiger partial charge in [-0.1, -0.05) is 58.3 Å². The molecule has 0 aromatic rings. The van der Waals surface area contributed by atoms with E-state index in [4.69, 9.17) is 14.2 Å². The van der Waals surface area contributed by atoms with Crippen LogP contribution < -0.4 is 16.0 Å². The van der Waals surface area contributed by atoms with E-state index in [2.05, 4.69) is 22.9 Å². The van der Waals surface area contributed by atoms with Gasteiger partial charge >= 0.3 is 5.97 Å². The van der Waals surface area contributed by atoms with Gasteiger partial charge in [0.05, 0.1) is 26.4 Å². The van der Waals surface area contributed by atoms with Gasteiger partial charge in [-0.3, -0.25) is 14.4 Å². The number of carbonyl (C=O) groups excluding carboxylic acids is 3. The molecule has 222 valence electrons. The number of carboxylic acids is 1. The van der Waals surface area contributed by atoms with Gasteiger partial charge in [-0.2, -0.15) is 0 Å². The number of aliphatic carboxylic acids is 1. The SMILES string of the molecule is CCCCCCCCCCCC(=O)N[C@@H](CCC(=O)NCCOCCOCC(=O)NCCOCC)C(=O)O. The smallest absolute Gasteiger partial charge is 0.326 e. The van der Waals surface area contributed by atoms with Crippen molar-refractivity contribution in [2.24, 2.45) is 0 Å². The molecule has 0 radical (unpaired) electrons. The highest BCUT2D eigenvalue weighted by molar-refractivity contribution is 5.84. The summed E-state index contributed by atoms with van der Waals surface area (Å²) in [5.41, 5.74) is 0. The van der Waals surface area contributed by atoms with Crippen LogP contribution in [0.4, 0.5) is 0 Å². The lowest BCUT2D eigenvalue weighted by atomic mass is 10.1. The second-order valence-electron chi connectivity index (χ2n) is 9.14. The molecule has 11 heteroatoms. The third kappa shape index (κ3) is 24.1. The lowest BCUT2D eigenvalue weighted by molar-refractivity contribution is -0.142. The molecule has 0 aromatic carbocycles. The summed E-state index contributed by atoms with van der Waals surface area (Å²) in [5.74, 6) is -1.98. The van der Waals surface area contributed by atoms with E-state index in [-0.39, 0.29) is 63.5 Å². The molecule has 4 N–H and O–H groups in total. The maximum Gasteiger partial charge on any atom is 0.326 e. The Kier molecular flexibility index (Phi) is 24.8. The first-order valence-corrected chi connectivity index (χ1v) is 14.2. The number of carbonyl (C=O) groups is 4. The molecule has 0 rings (SSSR count). The van der Waals surface area contributed by atoms with Crippen molar-refractivity contribution in [2.45, 2.75) is 96.9 Å². The highest BCUT2D eigenvalue weighted by atomic mass is 16.5. The van der Waals surface area contributed by atoms with Gasteiger partial charge in [0.2, 0.25) is 17.7 Å². The van der Waals surface area contributed by atoms with Crippen LogP contribution in [0.3, 0.4) is 0 Å². The van der Waals surface area contributed by atoms with Crippen molar-refractivity contribution >= 4 is 23.7 Å². The molecule has 0 saturated heterocycles. The molecule has 3 amide bonds. The molecule has 0 bridgehead atoms. The van der Waals surface area contributed by atoms with E-state index in [0.29, 0.717) is 26.2 Å². The van der Waals surface area contributed by atoms with Gasteiger partial charge in [0.15, 0.2) is 0 Å². The zero-order chi connectivity index (χ0) is 28.3. The van der Waals surface area contributed by atoms with Gasteiger partial charge < -0.3 is 35.3 Å². The van der Waals surface area contributed by atoms with Crippen LogP contribution in [0.25, 0.3) is 0 Å². The summed E-state index contributed by atoms with van der Waals surface area (Å²) in [7, 11) is 0. The summed E-state index contributed by atoms with van der Waals surface area (Å²) in [6.07, 6.45) is 10.6. The average molecular weight is 546 g/mol. The second-order valence-corrected chi connectivity index (χ2v) is 9.14. The van der Waals surface area contributed by atoms with Gasteiger partial charge in [0, 0.05) is 32.5 Å². The van der Waals surface area contributed by atoms with E-state index in [0.717, 1.165) is 19.3 Å². The van der Waals surface area contributed by atoms with Crippen molar-refractivity contribution in [1.29, 1.82) is 0 Å². The first-order chi connectivity index (χ1) is 18.4. The Morgan fingerprint density at radius 1 is 0.658 bits per heavy atom. The predicted octanol–water partition coefficient (Wildman–Crippen LogP) is 2.56. The monoisotopic (exact) mass is 545 g/mol. The van der Waals surface area contributed by atoms with Crippen LogP contribution >= 0.6 is 0 Å². The van der Waals surface area contributed by atoms with Crippen molar-refractivity contribution in [2.75, 3.05) is 52.7 Å².